The van der Waals surface area contributed by atoms with Crippen LogP contribution in [0.25, 0.3) is 0 Å². The Kier molecular flexibility index (Phi) is 7.79. The third-order valence-corrected chi connectivity index (χ3v) is 1.45. The SMILES string of the molecule is C=CC(=O)OCCOCCOC(=O)C(=C)C. The van der Waals surface area contributed by atoms with E-state index in [1.807, 2.05) is 0 Å². The fourth-order valence-electron chi connectivity index (χ4n) is 0.679. The molecule has 0 aliphatic carbocycles. The minimum absolute atomic E-state index is 0.152. The van der Waals surface area contributed by atoms with Gasteiger partial charge >= 0.3 is 11.9 Å². The summed E-state index contributed by atoms with van der Waals surface area (Å²) >= 11 is 0. The Labute approximate surface area is 94.7 Å². The molecule has 0 rings (SSSR count). The number of carbonyl (C=O) groups excluding carboxylic acids is 2. The molecule has 16 heavy (non-hydrogen) atoms. The Morgan fingerprint density at radius 1 is 1.12 bits per heavy atom. The van der Waals surface area contributed by atoms with Crippen molar-refractivity contribution in [3.8, 4) is 0 Å². The highest BCUT2D eigenvalue weighted by Gasteiger charge is 2.01. The van der Waals surface area contributed by atoms with Crippen molar-refractivity contribution >= 4 is 11.9 Å². The van der Waals surface area contributed by atoms with Crippen molar-refractivity contribution < 1.29 is 23.8 Å². The quantitative estimate of drug-likeness (QED) is 0.350. The Balaban J connectivity index is 3.28. The Bertz CT molecular complexity index is 270. The Morgan fingerprint density at radius 3 is 2.19 bits per heavy atom. The first-order valence-corrected chi connectivity index (χ1v) is 4.77. The third kappa shape index (κ3) is 7.75. The third-order valence-electron chi connectivity index (χ3n) is 1.45. The lowest BCUT2D eigenvalue weighted by Crippen LogP contribution is -2.14. The van der Waals surface area contributed by atoms with Crippen LogP contribution in [0.15, 0.2) is 24.8 Å². The fraction of sp³-hybridized carbons (Fsp3) is 0.455. The smallest absolute Gasteiger partial charge is 0.333 e. The Morgan fingerprint density at radius 2 is 1.69 bits per heavy atom. The van der Waals surface area contributed by atoms with E-state index in [4.69, 9.17) is 9.47 Å². The second kappa shape index (κ2) is 8.67. The Hall–Kier alpha value is -1.62. The van der Waals surface area contributed by atoms with Crippen LogP contribution in [0.3, 0.4) is 0 Å². The van der Waals surface area contributed by atoms with Gasteiger partial charge in [-0.1, -0.05) is 13.2 Å². The number of ether oxygens (including phenoxy) is 3. The van der Waals surface area contributed by atoms with E-state index in [0.29, 0.717) is 5.57 Å². The molecule has 90 valence electrons. The van der Waals surface area contributed by atoms with Crippen molar-refractivity contribution in [3.05, 3.63) is 24.8 Å². The zero-order valence-corrected chi connectivity index (χ0v) is 9.36. The number of carbonyl (C=O) groups is 2. The molecule has 5 heteroatoms. The first kappa shape index (κ1) is 14.4. The van der Waals surface area contributed by atoms with Gasteiger partial charge in [0.15, 0.2) is 0 Å². The highest BCUT2D eigenvalue weighted by atomic mass is 16.6. The summed E-state index contributed by atoms with van der Waals surface area (Å²) in [5.74, 6) is -0.931. The van der Waals surface area contributed by atoms with Crippen LogP contribution in [0, 0.1) is 0 Å². The first-order chi connectivity index (χ1) is 7.57. The van der Waals surface area contributed by atoms with Gasteiger partial charge in [0.1, 0.15) is 13.2 Å². The molecule has 0 bridgehead atoms. The van der Waals surface area contributed by atoms with Gasteiger partial charge in [0, 0.05) is 11.6 Å². The molecule has 0 aromatic carbocycles. The van der Waals surface area contributed by atoms with Crippen molar-refractivity contribution in [3.63, 3.8) is 0 Å². The molecule has 0 N–H and O–H groups in total. The largest absolute Gasteiger partial charge is 0.460 e. The molecule has 0 amide bonds. The molecule has 0 aromatic heterocycles. The van der Waals surface area contributed by atoms with Crippen LogP contribution in [0.1, 0.15) is 6.92 Å². The maximum atomic E-state index is 10.9. The molecule has 5 nitrogen and oxygen atoms in total. The number of hydrogen-bond acceptors (Lipinski definition) is 5. The second-order valence-corrected chi connectivity index (χ2v) is 2.90. The van der Waals surface area contributed by atoms with Crippen LogP contribution >= 0.6 is 0 Å². The summed E-state index contributed by atoms with van der Waals surface area (Å²) in [6.45, 7) is 9.06. The molecular formula is C11H16O5. The first-order valence-electron chi connectivity index (χ1n) is 4.77. The van der Waals surface area contributed by atoms with Gasteiger partial charge in [-0.05, 0) is 6.92 Å². The van der Waals surface area contributed by atoms with Crippen molar-refractivity contribution in [2.24, 2.45) is 0 Å². The second-order valence-electron chi connectivity index (χ2n) is 2.90. The van der Waals surface area contributed by atoms with Crippen molar-refractivity contribution in [2.45, 2.75) is 6.92 Å². The molecule has 0 saturated heterocycles. The van der Waals surface area contributed by atoms with E-state index in [1.165, 1.54) is 0 Å². The molecule has 0 heterocycles. The molecule has 0 saturated carbocycles. The van der Waals surface area contributed by atoms with Crippen LogP contribution in [-0.2, 0) is 23.8 Å². The molecule has 0 fully saturated rings. The van der Waals surface area contributed by atoms with E-state index in [1.54, 1.807) is 6.92 Å². The van der Waals surface area contributed by atoms with Crippen LogP contribution in [-0.4, -0.2) is 38.4 Å². The topological polar surface area (TPSA) is 61.8 Å². The van der Waals surface area contributed by atoms with Gasteiger partial charge in [0.25, 0.3) is 0 Å². The molecule has 0 aliphatic rings. The summed E-state index contributed by atoms with van der Waals surface area (Å²) in [5, 5.41) is 0. The molecular weight excluding hydrogens is 212 g/mol. The molecule has 0 unspecified atom stereocenters. The summed E-state index contributed by atoms with van der Waals surface area (Å²) in [6.07, 6.45) is 1.08. The number of esters is 2. The van der Waals surface area contributed by atoms with Gasteiger partial charge in [-0.2, -0.15) is 0 Å². The summed E-state index contributed by atoms with van der Waals surface area (Å²) in [4.78, 5) is 21.5. The zero-order valence-electron chi connectivity index (χ0n) is 9.36. The van der Waals surface area contributed by atoms with Gasteiger partial charge in [0.2, 0.25) is 0 Å². The summed E-state index contributed by atoms with van der Waals surface area (Å²) in [6, 6.07) is 0. The number of hydrogen-bond donors (Lipinski definition) is 0. The maximum absolute atomic E-state index is 10.9. The molecule has 0 spiro atoms. The van der Waals surface area contributed by atoms with E-state index in [2.05, 4.69) is 17.9 Å². The minimum Gasteiger partial charge on any atom is -0.460 e. The summed E-state index contributed by atoms with van der Waals surface area (Å²) in [5.41, 5.74) is 0.347. The van der Waals surface area contributed by atoms with Crippen molar-refractivity contribution in [1.82, 2.24) is 0 Å². The fourth-order valence-corrected chi connectivity index (χ4v) is 0.679. The van der Waals surface area contributed by atoms with E-state index in [-0.39, 0.29) is 26.4 Å². The van der Waals surface area contributed by atoms with Crippen LogP contribution in [0.5, 0.6) is 0 Å². The van der Waals surface area contributed by atoms with Crippen molar-refractivity contribution in [2.75, 3.05) is 26.4 Å². The molecule has 0 aliphatic heterocycles. The molecule has 0 aromatic rings. The van der Waals surface area contributed by atoms with Gasteiger partial charge in [-0.25, -0.2) is 9.59 Å². The monoisotopic (exact) mass is 228 g/mol. The zero-order chi connectivity index (χ0) is 12.4. The maximum Gasteiger partial charge on any atom is 0.333 e. The lowest BCUT2D eigenvalue weighted by molar-refractivity contribution is -0.141. The summed E-state index contributed by atoms with van der Waals surface area (Å²) < 4.78 is 14.5. The predicted octanol–water partition coefficient (Wildman–Crippen LogP) is 0.851. The average Bonchev–Trinajstić information content (AvgIpc) is 2.26. The predicted molar refractivity (Wildman–Crippen MR) is 57.7 cm³/mol. The van der Waals surface area contributed by atoms with Gasteiger partial charge in [-0.15, -0.1) is 0 Å². The standard InChI is InChI=1S/C11H16O5/c1-4-10(12)15-7-5-14-6-8-16-11(13)9(2)3/h4H,1-2,5-8H2,3H3. The van der Waals surface area contributed by atoms with E-state index in [0.717, 1.165) is 6.08 Å². The normalized spacial score (nSPS) is 9.31. The van der Waals surface area contributed by atoms with E-state index >= 15 is 0 Å². The lowest BCUT2D eigenvalue weighted by Gasteiger charge is -2.05. The highest BCUT2D eigenvalue weighted by Crippen LogP contribution is 1.91. The van der Waals surface area contributed by atoms with Gasteiger partial charge < -0.3 is 14.2 Å². The molecule has 0 radical (unpaired) electrons. The number of rotatable bonds is 8. The van der Waals surface area contributed by atoms with Crippen LogP contribution in [0.2, 0.25) is 0 Å². The summed E-state index contributed by atoms with van der Waals surface area (Å²) in [7, 11) is 0. The minimum atomic E-state index is -0.489. The van der Waals surface area contributed by atoms with E-state index in [9.17, 15) is 9.59 Å². The highest BCUT2D eigenvalue weighted by molar-refractivity contribution is 5.86. The van der Waals surface area contributed by atoms with Crippen LogP contribution < -0.4 is 0 Å². The van der Waals surface area contributed by atoms with Crippen LogP contribution in [0.4, 0.5) is 0 Å². The van der Waals surface area contributed by atoms with Crippen molar-refractivity contribution in [1.29, 1.82) is 0 Å². The van der Waals surface area contributed by atoms with Gasteiger partial charge in [0.05, 0.1) is 13.2 Å². The van der Waals surface area contributed by atoms with Gasteiger partial charge in [-0.3, -0.25) is 0 Å². The lowest BCUT2D eigenvalue weighted by atomic mass is 10.4. The van der Waals surface area contributed by atoms with E-state index < -0.39 is 11.9 Å². The average molecular weight is 228 g/mol. The molecule has 0 atom stereocenters.